The Labute approximate surface area is 387 Å². The number of carbonyl (C=O) groups excluding carboxylic acids is 1. The van der Waals surface area contributed by atoms with Crippen LogP contribution in [-0.2, 0) is 17.8 Å². The van der Waals surface area contributed by atoms with Crippen molar-refractivity contribution < 1.29 is 29.8 Å². The third-order valence-electron chi connectivity index (χ3n) is 8.31. The maximum atomic E-state index is 11.4. The molecule has 0 atom stereocenters. The van der Waals surface area contributed by atoms with Crippen LogP contribution in [0, 0.1) is 13.8 Å². The Kier molecular flexibility index (Phi) is 23.7. The first-order chi connectivity index (χ1) is 26.8. The Morgan fingerprint density at radius 1 is 0.696 bits per heavy atom. The molecule has 0 aliphatic carbocycles. The number of aliphatic hydroxyl groups excluding tert-OH is 2. The molecule has 308 valence electrons. The minimum absolute atomic E-state index is 0.0454. The van der Waals surface area contributed by atoms with Crippen molar-refractivity contribution in [2.75, 3.05) is 93.4 Å². The summed E-state index contributed by atoms with van der Waals surface area (Å²) >= 11 is 12.1. The van der Waals surface area contributed by atoms with Gasteiger partial charge in [-0.2, -0.15) is 0 Å². The number of carboxylic acid groups (broad SMARTS) is 1. The van der Waals surface area contributed by atoms with Gasteiger partial charge in [-0.3, -0.25) is 14.6 Å². The summed E-state index contributed by atoms with van der Waals surface area (Å²) in [5.41, 5.74) is 1.76. The number of anilines is 2. The zero-order valence-corrected chi connectivity index (χ0v) is 43.3. The number of alkyl halides is 1. The average molecular weight is 1300 g/mol. The van der Waals surface area contributed by atoms with E-state index >= 15 is 0 Å². The van der Waals surface area contributed by atoms with Crippen LogP contribution in [-0.4, -0.2) is 150 Å². The predicted octanol–water partition coefficient (Wildman–Crippen LogP) is 5.50. The topological polar surface area (TPSA) is 185 Å². The van der Waals surface area contributed by atoms with Gasteiger partial charge in [0, 0.05) is 104 Å². The second kappa shape index (κ2) is 26.7. The van der Waals surface area contributed by atoms with Crippen LogP contribution in [0.4, 0.5) is 11.6 Å². The Bertz CT molecular complexity index is 1680. The number of carbonyl (C=O) groups is 2. The molecular weight excluding hydrogens is 1250 g/mol. The number of β-amino-alcohol motifs (C(OH)–C–C–N with tert-alkyl or cyclic N) is 2. The van der Waals surface area contributed by atoms with Crippen molar-refractivity contribution in [3.8, 4) is 0 Å². The summed E-state index contributed by atoms with van der Waals surface area (Å²) in [7, 11) is 0. The number of aryl methyl sites for hydroxylation is 2. The number of ketones is 1. The van der Waals surface area contributed by atoms with E-state index in [1.165, 1.54) is 28.9 Å². The van der Waals surface area contributed by atoms with Gasteiger partial charge in [0.2, 0.25) is 0 Å². The van der Waals surface area contributed by atoms with Crippen LogP contribution < -0.4 is 9.80 Å². The average Bonchev–Trinajstić information content (AvgIpc) is 3.83. The molecule has 2 saturated heterocycles. The molecule has 0 aromatic carbocycles. The summed E-state index contributed by atoms with van der Waals surface area (Å²) in [6.45, 7) is 14.3. The van der Waals surface area contributed by atoms with Gasteiger partial charge in [0.05, 0.1) is 45.7 Å². The zero-order chi connectivity index (χ0) is 41.2. The number of aromatic carboxylic acids is 1. The molecule has 0 amide bonds. The molecule has 4 aromatic heterocycles. The summed E-state index contributed by atoms with van der Waals surface area (Å²) in [4.78, 5) is 60.6. The number of aliphatic hydroxyl groups is 2. The van der Waals surface area contributed by atoms with Gasteiger partial charge >= 0.3 is 70.8 Å². The van der Waals surface area contributed by atoms with Gasteiger partial charge in [0.15, 0.2) is 5.78 Å². The Hall–Kier alpha value is -0.496. The second-order valence-corrected chi connectivity index (χ2v) is 49.9. The van der Waals surface area contributed by atoms with E-state index in [2.05, 4.69) is 132 Å². The molecule has 2 aliphatic heterocycles. The first-order valence-electron chi connectivity index (χ1n) is 17.5. The minimum atomic E-state index is -0.955. The molecular formula is C34H47I4N10O5S2V. The van der Waals surface area contributed by atoms with Crippen LogP contribution in [0.1, 0.15) is 59.3 Å². The van der Waals surface area contributed by atoms with Crippen molar-refractivity contribution in [1.29, 1.82) is 0 Å². The van der Waals surface area contributed by atoms with Gasteiger partial charge in [0.1, 0.15) is 28.2 Å². The number of halogens is 4. The van der Waals surface area contributed by atoms with Gasteiger partial charge in [-0.05, 0) is 18.8 Å². The van der Waals surface area contributed by atoms with E-state index in [1.54, 1.807) is 13.1 Å². The molecule has 2 aliphatic rings. The Balaban J connectivity index is 0.000000264. The molecule has 0 bridgehead atoms. The number of thiazole rings is 2. The number of rotatable bonds is 12. The van der Waals surface area contributed by atoms with Crippen molar-refractivity contribution in [3.05, 3.63) is 67.3 Å². The first kappa shape index (κ1) is 49.9. The molecule has 3 N–H and O–H groups in total. The van der Waals surface area contributed by atoms with Gasteiger partial charge in [-0.25, -0.2) is 34.7 Å². The summed E-state index contributed by atoms with van der Waals surface area (Å²) in [6.07, 6.45) is 4.13. The fourth-order valence-electron chi connectivity index (χ4n) is 5.77. The van der Waals surface area contributed by atoms with Gasteiger partial charge in [0.25, 0.3) is 0 Å². The summed E-state index contributed by atoms with van der Waals surface area (Å²) in [6, 6.07) is 3.97. The quantitative estimate of drug-likeness (QED) is 0.0918. The van der Waals surface area contributed by atoms with Gasteiger partial charge < -0.3 is 25.1 Å². The molecule has 22 heteroatoms. The van der Waals surface area contributed by atoms with Gasteiger partial charge in [-0.15, -0.1) is 22.7 Å². The van der Waals surface area contributed by atoms with E-state index in [0.717, 1.165) is 97.8 Å². The van der Waals surface area contributed by atoms with E-state index in [0.29, 0.717) is 30.1 Å². The fourth-order valence-corrected chi connectivity index (χ4v) is 7.37. The standard InChI is InChI=1S/C17H23N5O2S.C16H21N5O3S.CH3I.3HI.V/c1-12(24)15-11-18-17(25-15)10-14-9-16(20-13(2)19-14)22-5-3-21(4-6-22)7-8-23;1-11-18-12(9-15-17-10-13(25-15)16(23)24)8-14(19-11)21-4-2-20(3-5-21)6-7-22;1-2;;;;/h9,11,23H,3-8,10H2,1-2H3;8,10,22H,2-7,9H2,1H3,(H,23,24);1H3;3*1H;/q;;;;;;+3/p-3. The van der Waals surface area contributed by atoms with Crippen molar-refractivity contribution in [3.63, 3.8) is 0 Å². The van der Waals surface area contributed by atoms with E-state index in [4.69, 9.17) is 15.3 Å². The summed E-state index contributed by atoms with van der Waals surface area (Å²) < 4.78 is 0. The van der Waals surface area contributed by atoms with Crippen LogP contribution >= 0.6 is 105 Å². The fraction of sp³-hybridized carbons (Fsp3) is 0.529. The Morgan fingerprint density at radius 2 is 1.07 bits per heavy atom. The predicted molar refractivity (Wildman–Crippen MR) is 254 cm³/mol. The molecule has 0 unspecified atom stereocenters. The van der Waals surface area contributed by atoms with Crippen LogP contribution in [0.2, 0.25) is 0 Å². The van der Waals surface area contributed by atoms with Crippen molar-refractivity contribution in [1.82, 2.24) is 39.7 Å². The molecule has 0 spiro atoms. The first-order valence-corrected chi connectivity index (χ1v) is 34.8. The molecule has 6 rings (SSSR count). The zero-order valence-electron chi connectivity index (χ0n) is 31.6. The number of carboxylic acids is 1. The van der Waals surface area contributed by atoms with E-state index < -0.39 is 5.97 Å². The van der Waals surface area contributed by atoms with Crippen LogP contribution in [0.25, 0.3) is 0 Å². The number of aromatic nitrogens is 6. The number of Topliss-reactive ketones (excluding diaryl/α,β-unsaturated/α-hetero) is 1. The third kappa shape index (κ3) is 17.6. The number of hydrogen-bond acceptors (Lipinski definition) is 16. The number of hydrogen-bond donors (Lipinski definition) is 3. The van der Waals surface area contributed by atoms with E-state index in [-0.39, 0.29) is 28.8 Å². The number of piperazine rings is 2. The van der Waals surface area contributed by atoms with E-state index in [9.17, 15) is 9.59 Å². The van der Waals surface area contributed by atoms with Gasteiger partial charge in [-0.1, -0.05) is 22.6 Å². The molecule has 4 aromatic rings. The molecule has 15 nitrogen and oxygen atoms in total. The second-order valence-electron chi connectivity index (χ2n) is 12.3. The maximum absolute atomic E-state index is 11.4. The van der Waals surface area contributed by atoms with Crippen LogP contribution in [0.3, 0.4) is 0 Å². The van der Waals surface area contributed by atoms with E-state index in [1.807, 2.05) is 30.9 Å². The van der Waals surface area contributed by atoms with Crippen molar-refractivity contribution in [2.24, 2.45) is 0 Å². The van der Waals surface area contributed by atoms with Crippen LogP contribution in [0.5, 0.6) is 0 Å². The van der Waals surface area contributed by atoms with Crippen molar-refractivity contribution >= 4 is 129 Å². The monoisotopic (exact) mass is 1300 g/mol. The third-order valence-corrected chi connectivity index (χ3v) is 10.4. The summed E-state index contributed by atoms with van der Waals surface area (Å²) in [5, 5.41) is 28.7. The normalized spacial score (nSPS) is 14.6. The SMILES string of the molecule is CC(=O)c1cnc(Cc2cc(N3CCN(CCO)CC3)nc(C)n2)s1.CI.Cc1nc(Cc2ncc(C(=O)O)s2)cc(N2CCN(CCO)CC2)n1.[I][V]([I])[I]. The molecule has 0 radical (unpaired) electrons. The molecule has 2 fully saturated rings. The van der Waals surface area contributed by atoms with Crippen molar-refractivity contribution in [2.45, 2.75) is 33.6 Å². The summed E-state index contributed by atoms with van der Waals surface area (Å²) in [5.74, 6) is 2.36. The molecule has 56 heavy (non-hydrogen) atoms. The molecule has 6 heterocycles. The Morgan fingerprint density at radius 3 is 1.39 bits per heavy atom. The molecule has 0 saturated carbocycles. The van der Waals surface area contributed by atoms with Crippen LogP contribution in [0.15, 0.2) is 24.5 Å². The number of nitrogens with zero attached hydrogens (tertiary/aromatic N) is 10.